The van der Waals surface area contributed by atoms with Crippen LogP contribution in [0.5, 0.6) is 0 Å². The van der Waals surface area contributed by atoms with Crippen molar-refractivity contribution >= 4 is 17.6 Å². The lowest BCUT2D eigenvalue weighted by atomic mass is 9.99. The van der Waals surface area contributed by atoms with Gasteiger partial charge in [0.15, 0.2) is 0 Å². The number of aromatic nitrogens is 3. The fourth-order valence-corrected chi connectivity index (χ4v) is 1.76. The first-order valence-electron chi connectivity index (χ1n) is 4.78. The molecule has 15 heavy (non-hydrogen) atoms. The zero-order chi connectivity index (χ0) is 11.1. The second-order valence-corrected chi connectivity index (χ2v) is 4.28. The summed E-state index contributed by atoms with van der Waals surface area (Å²) in [6.07, 6.45) is 2.30. The van der Waals surface area contributed by atoms with Gasteiger partial charge in [0, 0.05) is 12.1 Å². The van der Waals surface area contributed by atoms with Crippen molar-refractivity contribution in [2.45, 2.75) is 32.7 Å². The Kier molecular flexibility index (Phi) is 2.06. The fraction of sp³-hybridized carbons (Fsp3) is 0.556. The molecule has 0 bridgehead atoms. The van der Waals surface area contributed by atoms with E-state index in [1.54, 1.807) is 5.01 Å². The summed E-state index contributed by atoms with van der Waals surface area (Å²) in [5, 5.41) is 6.19. The highest BCUT2D eigenvalue weighted by atomic mass is 15.6. The summed E-state index contributed by atoms with van der Waals surface area (Å²) in [6, 6.07) is 0. The van der Waals surface area contributed by atoms with E-state index in [9.17, 15) is 0 Å². The second kappa shape index (κ2) is 3.15. The van der Waals surface area contributed by atoms with Crippen molar-refractivity contribution in [3.8, 4) is 0 Å². The number of nitrogens with two attached hydrogens (primary N) is 1. The van der Waals surface area contributed by atoms with E-state index in [0.29, 0.717) is 5.95 Å². The van der Waals surface area contributed by atoms with E-state index >= 15 is 0 Å². The molecule has 1 aliphatic rings. The number of hydrogen-bond acceptors (Lipinski definition) is 6. The molecule has 6 nitrogen and oxygen atoms in total. The molecule has 0 saturated carbocycles. The minimum atomic E-state index is -0.0993. The zero-order valence-electron chi connectivity index (χ0n) is 9.10. The summed E-state index contributed by atoms with van der Waals surface area (Å²) in [7, 11) is 0. The average Bonchev–Trinajstić information content (AvgIpc) is 2.39. The lowest BCUT2D eigenvalue weighted by Crippen LogP contribution is -2.37. The molecule has 1 aliphatic heterocycles. The van der Waals surface area contributed by atoms with E-state index in [1.807, 2.05) is 6.92 Å². The van der Waals surface area contributed by atoms with Crippen LogP contribution in [-0.4, -0.2) is 26.2 Å². The molecule has 0 unspecified atom stereocenters. The SMILES string of the molecule is CC1=NN(c2ncnc(N)n2)C(C)(C)C1. The summed E-state index contributed by atoms with van der Waals surface area (Å²) >= 11 is 0. The van der Waals surface area contributed by atoms with Crippen molar-refractivity contribution < 1.29 is 0 Å². The molecule has 0 aliphatic carbocycles. The van der Waals surface area contributed by atoms with Crippen LogP contribution in [0.1, 0.15) is 27.2 Å². The Morgan fingerprint density at radius 2 is 2.13 bits per heavy atom. The Morgan fingerprint density at radius 3 is 2.67 bits per heavy atom. The quantitative estimate of drug-likeness (QED) is 0.735. The first kappa shape index (κ1) is 9.82. The molecule has 6 heteroatoms. The Balaban J connectivity index is 2.39. The first-order chi connectivity index (χ1) is 6.99. The van der Waals surface area contributed by atoms with Gasteiger partial charge in [0.1, 0.15) is 6.33 Å². The molecule has 0 saturated heterocycles. The second-order valence-electron chi connectivity index (χ2n) is 4.28. The topological polar surface area (TPSA) is 80.3 Å². The van der Waals surface area contributed by atoms with E-state index in [0.717, 1.165) is 12.1 Å². The number of hydrazone groups is 1. The van der Waals surface area contributed by atoms with Crippen LogP contribution in [0, 0.1) is 0 Å². The van der Waals surface area contributed by atoms with Crippen molar-refractivity contribution in [2.24, 2.45) is 5.10 Å². The predicted molar refractivity (Wildman–Crippen MR) is 58.5 cm³/mol. The Labute approximate surface area is 88.2 Å². The van der Waals surface area contributed by atoms with E-state index in [4.69, 9.17) is 5.73 Å². The molecule has 1 aromatic heterocycles. The van der Waals surface area contributed by atoms with Gasteiger partial charge in [-0.15, -0.1) is 0 Å². The summed E-state index contributed by atoms with van der Waals surface area (Å²) in [4.78, 5) is 11.9. The third kappa shape index (κ3) is 1.74. The highest BCUT2D eigenvalue weighted by molar-refractivity contribution is 5.86. The molecule has 2 rings (SSSR count). The highest BCUT2D eigenvalue weighted by Crippen LogP contribution is 2.29. The number of anilines is 2. The molecule has 0 amide bonds. The molecule has 1 aromatic rings. The predicted octanol–water partition coefficient (Wildman–Crippen LogP) is 0.818. The largest absolute Gasteiger partial charge is 0.368 e. The van der Waals surface area contributed by atoms with Gasteiger partial charge >= 0.3 is 0 Å². The third-order valence-electron chi connectivity index (χ3n) is 2.30. The van der Waals surface area contributed by atoms with Gasteiger partial charge in [0.2, 0.25) is 5.95 Å². The van der Waals surface area contributed by atoms with Crippen molar-refractivity contribution in [3.05, 3.63) is 6.33 Å². The van der Waals surface area contributed by atoms with Crippen LogP contribution in [0.4, 0.5) is 11.9 Å². The number of hydrogen-bond donors (Lipinski definition) is 1. The van der Waals surface area contributed by atoms with Crippen LogP contribution in [0.2, 0.25) is 0 Å². The molecule has 0 radical (unpaired) electrons. The molecule has 0 atom stereocenters. The summed E-state index contributed by atoms with van der Waals surface area (Å²) in [5.41, 5.74) is 6.48. The minimum Gasteiger partial charge on any atom is -0.368 e. The maximum atomic E-state index is 5.51. The first-order valence-corrected chi connectivity index (χ1v) is 4.78. The van der Waals surface area contributed by atoms with Crippen LogP contribution in [0.15, 0.2) is 11.4 Å². The van der Waals surface area contributed by atoms with Gasteiger partial charge in [-0.05, 0) is 20.8 Å². The lowest BCUT2D eigenvalue weighted by molar-refractivity contribution is 0.505. The van der Waals surface area contributed by atoms with Gasteiger partial charge in [-0.2, -0.15) is 15.1 Å². The van der Waals surface area contributed by atoms with Crippen LogP contribution in [0.25, 0.3) is 0 Å². The molecule has 80 valence electrons. The van der Waals surface area contributed by atoms with E-state index in [1.165, 1.54) is 6.33 Å². The molecular formula is C9H14N6. The fourth-order valence-electron chi connectivity index (χ4n) is 1.76. The normalized spacial score (nSPS) is 19.1. The minimum absolute atomic E-state index is 0.0993. The molecule has 2 N–H and O–H groups in total. The standard InChI is InChI=1S/C9H14N6/c1-6-4-9(2,3)15(14-6)8-12-5-11-7(10)13-8/h5H,4H2,1-3H3,(H2,10,11,12,13). The average molecular weight is 206 g/mol. The maximum Gasteiger partial charge on any atom is 0.251 e. The van der Waals surface area contributed by atoms with E-state index in [-0.39, 0.29) is 11.5 Å². The molecule has 0 spiro atoms. The van der Waals surface area contributed by atoms with Crippen molar-refractivity contribution in [3.63, 3.8) is 0 Å². The van der Waals surface area contributed by atoms with Crippen molar-refractivity contribution in [2.75, 3.05) is 10.7 Å². The number of rotatable bonds is 1. The lowest BCUT2D eigenvalue weighted by Gasteiger charge is -2.28. The number of nitrogen functional groups attached to an aromatic ring is 1. The molecular weight excluding hydrogens is 192 g/mol. The van der Waals surface area contributed by atoms with E-state index < -0.39 is 0 Å². The Bertz CT molecular complexity index is 411. The molecule has 0 fully saturated rings. The summed E-state index contributed by atoms with van der Waals surface area (Å²) < 4.78 is 0. The zero-order valence-corrected chi connectivity index (χ0v) is 9.10. The Hall–Kier alpha value is -1.72. The van der Waals surface area contributed by atoms with Gasteiger partial charge < -0.3 is 5.73 Å². The number of nitrogens with zero attached hydrogens (tertiary/aromatic N) is 5. The van der Waals surface area contributed by atoms with Crippen LogP contribution >= 0.6 is 0 Å². The summed E-state index contributed by atoms with van der Waals surface area (Å²) in [5.74, 6) is 0.722. The monoisotopic (exact) mass is 206 g/mol. The third-order valence-corrected chi connectivity index (χ3v) is 2.30. The van der Waals surface area contributed by atoms with Gasteiger partial charge in [-0.3, -0.25) is 0 Å². The van der Waals surface area contributed by atoms with Gasteiger partial charge in [-0.25, -0.2) is 9.99 Å². The molecule has 2 heterocycles. The van der Waals surface area contributed by atoms with Crippen LogP contribution < -0.4 is 10.7 Å². The van der Waals surface area contributed by atoms with Crippen molar-refractivity contribution in [1.29, 1.82) is 0 Å². The van der Waals surface area contributed by atoms with Gasteiger partial charge in [0.05, 0.1) is 5.54 Å². The smallest absolute Gasteiger partial charge is 0.251 e. The molecule has 0 aromatic carbocycles. The highest BCUT2D eigenvalue weighted by Gasteiger charge is 2.35. The van der Waals surface area contributed by atoms with Crippen LogP contribution in [-0.2, 0) is 0 Å². The van der Waals surface area contributed by atoms with Crippen molar-refractivity contribution in [1.82, 2.24) is 15.0 Å². The summed E-state index contributed by atoms with van der Waals surface area (Å²) in [6.45, 7) is 6.17. The van der Waals surface area contributed by atoms with Gasteiger partial charge in [0.25, 0.3) is 5.95 Å². The Morgan fingerprint density at radius 1 is 1.40 bits per heavy atom. The van der Waals surface area contributed by atoms with Crippen LogP contribution in [0.3, 0.4) is 0 Å². The van der Waals surface area contributed by atoms with Gasteiger partial charge in [-0.1, -0.05) is 0 Å². The maximum absolute atomic E-state index is 5.51. The van der Waals surface area contributed by atoms with E-state index in [2.05, 4.69) is 33.9 Å².